The molecule has 0 aliphatic carbocycles. The lowest BCUT2D eigenvalue weighted by Gasteiger charge is -2.08. The van der Waals surface area contributed by atoms with Gasteiger partial charge in [0.1, 0.15) is 0 Å². The second-order valence-corrected chi connectivity index (χ2v) is 7.35. The lowest BCUT2D eigenvalue weighted by atomic mass is 10.1. The maximum absolute atomic E-state index is 11.5. The van der Waals surface area contributed by atoms with Gasteiger partial charge in [0.2, 0.25) is 0 Å². The van der Waals surface area contributed by atoms with Crippen LogP contribution in [0.4, 0.5) is 0 Å². The fourth-order valence-electron chi connectivity index (χ4n) is 3.87. The molecule has 0 unspecified atom stereocenters. The van der Waals surface area contributed by atoms with E-state index in [1.54, 1.807) is 0 Å². The maximum atomic E-state index is 11.5. The zero-order chi connectivity index (χ0) is 20.3. The van der Waals surface area contributed by atoms with Crippen LogP contribution in [0.5, 0.6) is 0 Å². The highest BCUT2D eigenvalue weighted by atomic mass is 16.1. The van der Waals surface area contributed by atoms with Crippen molar-refractivity contribution in [2.24, 2.45) is 0 Å². The van der Waals surface area contributed by atoms with Gasteiger partial charge >= 0.3 is 0 Å². The Kier molecular flexibility index (Phi) is 4.70. The monoisotopic (exact) mass is 388 g/mol. The largest absolute Gasteiger partial charge is 0.342 e. The highest BCUT2D eigenvalue weighted by molar-refractivity contribution is 5.96. The van der Waals surface area contributed by atoms with Crippen molar-refractivity contribution in [3.8, 4) is 0 Å². The van der Waals surface area contributed by atoms with Gasteiger partial charge in [0.05, 0.1) is 16.7 Å². The van der Waals surface area contributed by atoms with Gasteiger partial charge in [-0.15, -0.1) is 0 Å². The van der Waals surface area contributed by atoms with Gasteiger partial charge in [-0.2, -0.15) is 0 Å². The summed E-state index contributed by atoms with van der Waals surface area (Å²) in [5, 5.41) is 2.23. The molecule has 0 bridgehead atoms. The molecule has 5 rings (SSSR count). The molecular weight excluding hydrogens is 368 g/mol. The Balaban J connectivity index is 1.41. The van der Waals surface area contributed by atoms with Crippen LogP contribution < -0.4 is 0 Å². The minimum Gasteiger partial charge on any atom is -0.342 e. The van der Waals surface area contributed by atoms with Crippen LogP contribution in [0.15, 0.2) is 91.1 Å². The molecule has 3 aromatic carbocycles. The van der Waals surface area contributed by atoms with Crippen LogP contribution in [0.1, 0.15) is 27.2 Å². The first kappa shape index (κ1) is 18.1. The van der Waals surface area contributed by atoms with Crippen molar-refractivity contribution in [1.82, 2.24) is 9.55 Å². The third kappa shape index (κ3) is 3.53. The van der Waals surface area contributed by atoms with Crippen LogP contribution in [0, 0.1) is 0 Å². The fourth-order valence-corrected chi connectivity index (χ4v) is 3.87. The van der Waals surface area contributed by atoms with Crippen LogP contribution >= 0.6 is 0 Å². The molecule has 0 aliphatic rings. The van der Waals surface area contributed by atoms with E-state index < -0.39 is 0 Å². The molecule has 0 saturated heterocycles. The van der Waals surface area contributed by atoms with E-state index in [1.807, 2.05) is 54.7 Å². The van der Waals surface area contributed by atoms with Gasteiger partial charge in [-0.1, -0.05) is 60.7 Å². The molecule has 0 aliphatic heterocycles. The van der Waals surface area contributed by atoms with Crippen molar-refractivity contribution in [3.05, 3.63) is 114 Å². The van der Waals surface area contributed by atoms with Gasteiger partial charge < -0.3 is 4.57 Å². The van der Waals surface area contributed by atoms with Crippen LogP contribution in [-0.2, 0) is 6.54 Å². The van der Waals surface area contributed by atoms with Crippen molar-refractivity contribution in [1.29, 1.82) is 0 Å². The second-order valence-electron chi connectivity index (χ2n) is 7.35. The molecule has 144 valence electrons. The molecule has 0 N–H and O–H groups in total. The van der Waals surface area contributed by atoms with E-state index in [9.17, 15) is 4.79 Å². The summed E-state index contributed by atoms with van der Waals surface area (Å²) in [5.74, 6) is 0. The number of hydrogen-bond acceptors (Lipinski definition) is 2. The smallest absolute Gasteiger partial charge is 0.152 e. The Labute approximate surface area is 174 Å². The second kappa shape index (κ2) is 7.80. The first-order valence-corrected chi connectivity index (χ1v) is 9.96. The van der Waals surface area contributed by atoms with Crippen molar-refractivity contribution in [2.45, 2.75) is 6.54 Å². The minimum atomic E-state index is 0.713. The van der Waals surface area contributed by atoms with E-state index in [1.165, 1.54) is 5.56 Å². The lowest BCUT2D eigenvalue weighted by Crippen LogP contribution is -2.00. The Bertz CT molecular complexity index is 1390. The third-order valence-electron chi connectivity index (χ3n) is 5.32. The summed E-state index contributed by atoms with van der Waals surface area (Å²) in [6.07, 6.45) is 7.10. The number of fused-ring (bicyclic) bond motifs is 2. The molecule has 0 fully saturated rings. The predicted octanol–water partition coefficient (Wildman–Crippen LogP) is 6.22. The van der Waals surface area contributed by atoms with E-state index in [4.69, 9.17) is 4.98 Å². The van der Waals surface area contributed by atoms with Gasteiger partial charge in [0.15, 0.2) is 6.29 Å². The number of hydrogen-bond donors (Lipinski definition) is 0. The molecule has 0 spiro atoms. The van der Waals surface area contributed by atoms with Crippen LogP contribution in [0.25, 0.3) is 34.0 Å². The number of nitrogens with zero attached hydrogens (tertiary/aromatic N) is 2. The van der Waals surface area contributed by atoms with E-state index in [-0.39, 0.29) is 0 Å². The summed E-state index contributed by atoms with van der Waals surface area (Å²) in [7, 11) is 0. The average Bonchev–Trinajstić information content (AvgIpc) is 3.21. The summed E-state index contributed by atoms with van der Waals surface area (Å²) >= 11 is 0. The molecule has 2 aromatic heterocycles. The summed E-state index contributed by atoms with van der Waals surface area (Å²) in [5.41, 5.74) is 5.94. The Morgan fingerprint density at radius 3 is 2.60 bits per heavy atom. The maximum Gasteiger partial charge on any atom is 0.152 e. The van der Waals surface area contributed by atoms with Gasteiger partial charge in [0.25, 0.3) is 0 Å². The molecule has 0 amide bonds. The number of aromatic nitrogens is 2. The first-order chi connectivity index (χ1) is 14.8. The van der Waals surface area contributed by atoms with Gasteiger partial charge in [-0.05, 0) is 47.5 Å². The van der Waals surface area contributed by atoms with Gasteiger partial charge in [-0.25, -0.2) is 4.98 Å². The van der Waals surface area contributed by atoms with Crippen molar-refractivity contribution in [2.75, 3.05) is 0 Å². The third-order valence-corrected chi connectivity index (χ3v) is 5.32. The molecule has 2 heterocycles. The summed E-state index contributed by atoms with van der Waals surface area (Å²) < 4.78 is 2.13. The minimum absolute atomic E-state index is 0.713. The standard InChI is InChI=1S/C27H20N2O/c30-19-24-9-4-8-23-15-16-29(27(23)24)18-21-6-3-5-20(17-21)11-13-25-14-12-22-7-1-2-10-26(22)28-25/h1-17,19H,18H2. The molecule has 30 heavy (non-hydrogen) atoms. The molecule has 0 atom stereocenters. The average molecular weight is 388 g/mol. The normalized spacial score (nSPS) is 11.5. The Morgan fingerprint density at radius 2 is 1.67 bits per heavy atom. The first-order valence-electron chi connectivity index (χ1n) is 9.96. The number of rotatable bonds is 5. The zero-order valence-electron chi connectivity index (χ0n) is 16.4. The summed E-state index contributed by atoms with van der Waals surface area (Å²) in [4.78, 5) is 16.2. The lowest BCUT2D eigenvalue weighted by molar-refractivity contribution is 0.112. The summed E-state index contributed by atoms with van der Waals surface area (Å²) in [6.45, 7) is 0.713. The van der Waals surface area contributed by atoms with E-state index in [0.29, 0.717) is 6.54 Å². The molecule has 3 nitrogen and oxygen atoms in total. The van der Waals surface area contributed by atoms with E-state index in [0.717, 1.165) is 44.9 Å². The van der Waals surface area contributed by atoms with Gasteiger partial charge in [-0.3, -0.25) is 4.79 Å². The molecule has 5 aromatic rings. The Morgan fingerprint density at radius 1 is 0.800 bits per heavy atom. The van der Waals surface area contributed by atoms with E-state index >= 15 is 0 Å². The number of pyridine rings is 1. The zero-order valence-corrected chi connectivity index (χ0v) is 16.4. The van der Waals surface area contributed by atoms with Crippen LogP contribution in [-0.4, -0.2) is 15.8 Å². The highest BCUT2D eigenvalue weighted by Crippen LogP contribution is 2.21. The van der Waals surface area contributed by atoms with Crippen molar-refractivity contribution >= 4 is 40.2 Å². The summed E-state index contributed by atoms with van der Waals surface area (Å²) in [6, 6.07) is 28.6. The fraction of sp³-hybridized carbons (Fsp3) is 0.0370. The number of carbonyl (C=O) groups is 1. The van der Waals surface area contributed by atoms with Gasteiger partial charge in [0, 0.05) is 29.1 Å². The number of aldehydes is 1. The van der Waals surface area contributed by atoms with Crippen molar-refractivity contribution < 1.29 is 4.79 Å². The predicted molar refractivity (Wildman–Crippen MR) is 124 cm³/mol. The molecule has 0 saturated carbocycles. The highest BCUT2D eigenvalue weighted by Gasteiger charge is 2.06. The van der Waals surface area contributed by atoms with Crippen molar-refractivity contribution in [3.63, 3.8) is 0 Å². The number of para-hydroxylation sites is 2. The van der Waals surface area contributed by atoms with Crippen LogP contribution in [0.2, 0.25) is 0 Å². The van der Waals surface area contributed by atoms with Crippen LogP contribution in [0.3, 0.4) is 0 Å². The number of benzene rings is 3. The SMILES string of the molecule is O=Cc1cccc2ccn(Cc3cccc(C=Cc4ccc5ccccc5n4)c3)c12. The topological polar surface area (TPSA) is 34.9 Å². The van der Waals surface area contributed by atoms with E-state index in [2.05, 4.69) is 53.1 Å². The quantitative estimate of drug-likeness (QED) is 0.335. The molecule has 0 radical (unpaired) electrons. The Hall–Kier alpha value is -3.98. The number of carbonyl (C=O) groups excluding carboxylic acids is 1. The molecule has 3 heteroatoms. The molecular formula is C27H20N2O.